The first-order valence-corrected chi connectivity index (χ1v) is 6.25. The molecule has 2 N–H and O–H groups in total. The third-order valence-electron chi connectivity index (χ3n) is 2.41. The van der Waals surface area contributed by atoms with Crippen LogP contribution in [0.5, 0.6) is 0 Å². The maximum Gasteiger partial charge on any atom is 0.261 e. The van der Waals surface area contributed by atoms with Crippen LogP contribution in [0.3, 0.4) is 0 Å². The highest BCUT2D eigenvalue weighted by atomic mass is 32.2. The molecule has 6 heteroatoms. The number of hydrogen-bond acceptors (Lipinski definition) is 5. The first-order chi connectivity index (χ1) is 8.08. The van der Waals surface area contributed by atoms with E-state index in [9.17, 15) is 0 Å². The maximum atomic E-state index is 5.86. The van der Waals surface area contributed by atoms with Gasteiger partial charge in [0.2, 0.25) is 0 Å². The van der Waals surface area contributed by atoms with Crippen molar-refractivity contribution in [2.75, 3.05) is 0 Å². The lowest BCUT2D eigenvalue weighted by Crippen LogP contribution is -2.18. The fourth-order valence-electron chi connectivity index (χ4n) is 1.71. The number of aromatic nitrogens is 3. The van der Waals surface area contributed by atoms with E-state index in [0.29, 0.717) is 5.22 Å². The molecule has 2 rings (SSSR count). The molecule has 1 unspecified atom stereocenters. The molecule has 5 nitrogen and oxygen atoms in total. The standard InChI is InChI=1S/C11H16N4OS/c1-7(12)6-9-8(2)14-15(3)10(9)17-11-13-4-5-16-11/h4-5,7H,6,12H2,1-3H3. The molecule has 0 radical (unpaired) electrons. The lowest BCUT2D eigenvalue weighted by Gasteiger charge is -2.06. The first-order valence-electron chi connectivity index (χ1n) is 5.43. The summed E-state index contributed by atoms with van der Waals surface area (Å²) in [4.78, 5) is 4.11. The Morgan fingerprint density at radius 3 is 2.94 bits per heavy atom. The minimum atomic E-state index is 0.113. The van der Waals surface area contributed by atoms with E-state index in [1.807, 2.05) is 25.6 Å². The lowest BCUT2D eigenvalue weighted by atomic mass is 10.1. The second-order valence-electron chi connectivity index (χ2n) is 4.07. The fraction of sp³-hybridized carbons (Fsp3) is 0.455. The van der Waals surface area contributed by atoms with Crippen molar-refractivity contribution in [1.29, 1.82) is 0 Å². The summed E-state index contributed by atoms with van der Waals surface area (Å²) in [7, 11) is 1.92. The van der Waals surface area contributed by atoms with Crippen molar-refractivity contribution in [3.8, 4) is 0 Å². The fourth-order valence-corrected chi connectivity index (χ4v) is 2.62. The van der Waals surface area contributed by atoms with Crippen molar-refractivity contribution in [2.45, 2.75) is 36.6 Å². The molecule has 0 fully saturated rings. The van der Waals surface area contributed by atoms with Crippen LogP contribution in [0.2, 0.25) is 0 Å². The van der Waals surface area contributed by atoms with Gasteiger partial charge in [-0.25, -0.2) is 4.98 Å². The second-order valence-corrected chi connectivity index (χ2v) is 5.01. The van der Waals surface area contributed by atoms with Crippen LogP contribution in [0.1, 0.15) is 18.2 Å². The highest BCUT2D eigenvalue weighted by Gasteiger charge is 2.17. The minimum absolute atomic E-state index is 0.113. The third kappa shape index (κ3) is 2.70. The molecule has 0 saturated carbocycles. The predicted octanol–water partition coefficient (Wildman–Crippen LogP) is 1.76. The summed E-state index contributed by atoms with van der Waals surface area (Å²) in [6, 6.07) is 0.113. The van der Waals surface area contributed by atoms with Crippen molar-refractivity contribution >= 4 is 11.8 Å². The van der Waals surface area contributed by atoms with Crippen LogP contribution in [-0.2, 0) is 13.5 Å². The summed E-state index contributed by atoms with van der Waals surface area (Å²) in [5.41, 5.74) is 8.04. The third-order valence-corrected chi connectivity index (χ3v) is 3.49. The second kappa shape index (κ2) is 4.93. The van der Waals surface area contributed by atoms with Crippen molar-refractivity contribution in [1.82, 2.24) is 14.8 Å². The first kappa shape index (κ1) is 12.2. The van der Waals surface area contributed by atoms with Crippen molar-refractivity contribution in [2.24, 2.45) is 12.8 Å². The van der Waals surface area contributed by atoms with Gasteiger partial charge >= 0.3 is 0 Å². The molecule has 0 spiro atoms. The molecule has 92 valence electrons. The summed E-state index contributed by atoms with van der Waals surface area (Å²) >= 11 is 1.48. The van der Waals surface area contributed by atoms with Crippen LogP contribution >= 0.6 is 11.8 Å². The van der Waals surface area contributed by atoms with Gasteiger partial charge in [0, 0.05) is 18.7 Å². The van der Waals surface area contributed by atoms with Gasteiger partial charge in [0.1, 0.15) is 11.3 Å². The van der Waals surface area contributed by atoms with E-state index >= 15 is 0 Å². The van der Waals surface area contributed by atoms with Crippen LogP contribution < -0.4 is 5.73 Å². The molecule has 2 heterocycles. The van der Waals surface area contributed by atoms with Crippen LogP contribution in [0, 0.1) is 6.92 Å². The summed E-state index contributed by atoms with van der Waals surface area (Å²) in [5, 5.41) is 6.08. The summed E-state index contributed by atoms with van der Waals surface area (Å²) < 4.78 is 7.09. The molecule has 0 aliphatic heterocycles. The Labute approximate surface area is 104 Å². The van der Waals surface area contributed by atoms with Gasteiger partial charge in [-0.2, -0.15) is 5.10 Å². The van der Waals surface area contributed by atoms with E-state index in [-0.39, 0.29) is 6.04 Å². The Bertz CT molecular complexity index is 490. The Morgan fingerprint density at radius 1 is 1.59 bits per heavy atom. The molecule has 0 aliphatic carbocycles. The molecule has 0 bridgehead atoms. The van der Waals surface area contributed by atoms with E-state index in [1.54, 1.807) is 12.5 Å². The molecule has 0 aromatic carbocycles. The molecule has 2 aromatic rings. The Hall–Kier alpha value is -1.27. The van der Waals surface area contributed by atoms with Gasteiger partial charge in [-0.15, -0.1) is 0 Å². The largest absolute Gasteiger partial charge is 0.440 e. The number of nitrogens with two attached hydrogens (primary N) is 1. The monoisotopic (exact) mass is 252 g/mol. The quantitative estimate of drug-likeness (QED) is 0.897. The summed E-state index contributed by atoms with van der Waals surface area (Å²) in [6.45, 7) is 3.99. The molecular formula is C11H16N4OS. The zero-order valence-electron chi connectivity index (χ0n) is 10.2. The highest BCUT2D eigenvalue weighted by molar-refractivity contribution is 7.99. The average Bonchev–Trinajstić information content (AvgIpc) is 2.82. The van der Waals surface area contributed by atoms with Gasteiger partial charge in [-0.3, -0.25) is 4.68 Å². The number of hydrogen-bond donors (Lipinski definition) is 1. The van der Waals surface area contributed by atoms with E-state index < -0.39 is 0 Å². The van der Waals surface area contributed by atoms with E-state index in [0.717, 1.165) is 17.1 Å². The van der Waals surface area contributed by atoms with Gasteiger partial charge in [-0.05, 0) is 32.0 Å². The van der Waals surface area contributed by atoms with Gasteiger partial charge < -0.3 is 10.2 Å². The molecule has 0 saturated heterocycles. The topological polar surface area (TPSA) is 69.9 Å². The Kier molecular flexibility index (Phi) is 3.54. The van der Waals surface area contributed by atoms with Crippen LogP contribution in [0.15, 0.2) is 27.1 Å². The smallest absolute Gasteiger partial charge is 0.261 e. The van der Waals surface area contributed by atoms with Gasteiger partial charge in [0.25, 0.3) is 5.22 Å². The van der Waals surface area contributed by atoms with E-state index in [1.165, 1.54) is 17.3 Å². The molecule has 2 aromatic heterocycles. The Morgan fingerprint density at radius 2 is 2.35 bits per heavy atom. The number of aryl methyl sites for hydroxylation is 2. The molecule has 17 heavy (non-hydrogen) atoms. The SMILES string of the molecule is Cc1nn(C)c(Sc2ncco2)c1CC(C)N. The molecular weight excluding hydrogens is 236 g/mol. The highest BCUT2D eigenvalue weighted by Crippen LogP contribution is 2.31. The summed E-state index contributed by atoms with van der Waals surface area (Å²) in [6.07, 6.45) is 4.01. The van der Waals surface area contributed by atoms with Crippen molar-refractivity contribution < 1.29 is 4.42 Å². The maximum absolute atomic E-state index is 5.86. The van der Waals surface area contributed by atoms with Crippen LogP contribution in [-0.4, -0.2) is 20.8 Å². The summed E-state index contributed by atoms with van der Waals surface area (Å²) in [5.74, 6) is 0. The molecule has 0 amide bonds. The lowest BCUT2D eigenvalue weighted by molar-refractivity contribution is 0.453. The van der Waals surface area contributed by atoms with Crippen LogP contribution in [0.25, 0.3) is 0 Å². The normalized spacial score (nSPS) is 12.9. The molecule has 0 aliphatic rings. The van der Waals surface area contributed by atoms with E-state index in [4.69, 9.17) is 10.2 Å². The number of oxazole rings is 1. The number of rotatable bonds is 4. The van der Waals surface area contributed by atoms with Crippen LogP contribution in [0.4, 0.5) is 0 Å². The molecule has 1 atom stereocenters. The number of nitrogens with zero attached hydrogens (tertiary/aromatic N) is 3. The minimum Gasteiger partial charge on any atom is -0.440 e. The zero-order chi connectivity index (χ0) is 12.4. The van der Waals surface area contributed by atoms with Gasteiger partial charge in [0.05, 0.1) is 11.9 Å². The average molecular weight is 252 g/mol. The van der Waals surface area contributed by atoms with Gasteiger partial charge in [-0.1, -0.05) is 0 Å². The van der Waals surface area contributed by atoms with Gasteiger partial charge in [0.15, 0.2) is 0 Å². The van der Waals surface area contributed by atoms with E-state index in [2.05, 4.69) is 10.1 Å². The Balaban J connectivity index is 2.31. The van der Waals surface area contributed by atoms with Crippen molar-refractivity contribution in [3.05, 3.63) is 23.7 Å². The van der Waals surface area contributed by atoms with Crippen molar-refractivity contribution in [3.63, 3.8) is 0 Å². The zero-order valence-corrected chi connectivity index (χ0v) is 11.0. The predicted molar refractivity (Wildman–Crippen MR) is 65.9 cm³/mol.